The van der Waals surface area contributed by atoms with Crippen molar-refractivity contribution in [3.63, 3.8) is 0 Å². The Morgan fingerprint density at radius 3 is 2.25 bits per heavy atom. The van der Waals surface area contributed by atoms with E-state index in [9.17, 15) is 5.11 Å². The van der Waals surface area contributed by atoms with Crippen LogP contribution in [-0.2, 0) is 0 Å². The van der Waals surface area contributed by atoms with Crippen molar-refractivity contribution in [3.8, 4) is 5.75 Å². The Labute approximate surface area is 47.6 Å². The molecule has 0 aliphatic rings. The number of rotatable bonds is 0. The summed E-state index contributed by atoms with van der Waals surface area (Å²) in [5.41, 5.74) is 6.97. The van der Waals surface area contributed by atoms with Crippen LogP contribution >= 0.6 is 0 Å². The highest BCUT2D eigenvalue weighted by atomic mass is 16.3. The Morgan fingerprint density at radius 1 is 1.25 bits per heavy atom. The molecule has 42 valence electrons. The maximum absolute atomic E-state index is 10.4. The first-order chi connectivity index (χ1) is 3.80. The van der Waals surface area contributed by atoms with Gasteiger partial charge in [0, 0.05) is 0 Å². The normalized spacial score (nSPS) is 9.00. The van der Waals surface area contributed by atoms with Gasteiger partial charge in [-0.15, -0.1) is 5.75 Å². The molecule has 0 atom stereocenters. The van der Waals surface area contributed by atoms with Gasteiger partial charge in [0.05, 0.1) is 0 Å². The van der Waals surface area contributed by atoms with Crippen LogP contribution in [0, 0.1) is 0 Å². The number of benzene rings is 1. The summed E-state index contributed by atoms with van der Waals surface area (Å²) in [5.74, 6) is -0.215. The van der Waals surface area contributed by atoms with Crippen molar-refractivity contribution in [2.45, 2.75) is 0 Å². The predicted molar refractivity (Wildman–Crippen MR) is 29.9 cm³/mol. The molecule has 0 fully saturated rings. The Bertz CT molecular complexity index is 165. The van der Waals surface area contributed by atoms with Gasteiger partial charge in [0.15, 0.2) is 0 Å². The lowest BCUT2D eigenvalue weighted by molar-refractivity contribution is -0.266. The van der Waals surface area contributed by atoms with Gasteiger partial charge >= 0.3 is 0 Å². The standard InChI is InChI=1S/C6H6NO/c7-5-3-1-2-4-6(5)8/h1-4,7-8H/q-1/p-1. The zero-order valence-corrected chi connectivity index (χ0v) is 4.22. The van der Waals surface area contributed by atoms with Gasteiger partial charge in [-0.2, -0.15) is 5.69 Å². The fraction of sp³-hybridized carbons (Fsp3) is 0. The third kappa shape index (κ3) is 0.729. The molecule has 0 unspecified atom stereocenters. The van der Waals surface area contributed by atoms with Gasteiger partial charge in [-0.25, -0.2) is 0 Å². The van der Waals surface area contributed by atoms with Crippen LogP contribution in [0.5, 0.6) is 5.75 Å². The SMILES string of the molecule is [NH-]c1ccccc1[O-]. The average molecular weight is 107 g/mol. The topological polar surface area (TPSA) is 46.9 Å². The lowest BCUT2D eigenvalue weighted by Gasteiger charge is -2.13. The van der Waals surface area contributed by atoms with Gasteiger partial charge < -0.3 is 10.8 Å². The first kappa shape index (κ1) is 4.97. The summed E-state index contributed by atoms with van der Waals surface area (Å²) < 4.78 is 0. The molecule has 2 nitrogen and oxygen atoms in total. The molecule has 0 spiro atoms. The maximum atomic E-state index is 10.4. The van der Waals surface area contributed by atoms with E-state index >= 15 is 0 Å². The molecule has 0 aliphatic heterocycles. The molecule has 1 aromatic carbocycles. The predicted octanol–water partition coefficient (Wildman–Crippen LogP) is 1.44. The average Bonchev–Trinajstić information content (AvgIpc) is 1.77. The zero-order chi connectivity index (χ0) is 5.98. The number of hydrogen-bond acceptors (Lipinski definition) is 1. The molecule has 0 bridgehead atoms. The van der Waals surface area contributed by atoms with Crippen LogP contribution in [0.2, 0.25) is 0 Å². The van der Waals surface area contributed by atoms with Crippen molar-refractivity contribution in [2.75, 3.05) is 0 Å². The summed E-state index contributed by atoms with van der Waals surface area (Å²) in [6.45, 7) is 0. The van der Waals surface area contributed by atoms with Gasteiger partial charge in [-0.05, 0) is 0 Å². The molecule has 0 amide bonds. The monoisotopic (exact) mass is 107 g/mol. The minimum absolute atomic E-state index is 0.0625. The molecular formula is C6H5NO-2. The second-order valence-electron chi connectivity index (χ2n) is 1.50. The van der Waals surface area contributed by atoms with Crippen molar-refractivity contribution in [1.82, 2.24) is 0 Å². The van der Waals surface area contributed by atoms with E-state index < -0.39 is 0 Å². The molecule has 1 rings (SSSR count). The Morgan fingerprint density at radius 2 is 1.88 bits per heavy atom. The summed E-state index contributed by atoms with van der Waals surface area (Å²) in [4.78, 5) is 0. The zero-order valence-electron chi connectivity index (χ0n) is 4.22. The molecule has 0 aliphatic carbocycles. The number of para-hydroxylation sites is 1. The first-order valence-corrected chi connectivity index (χ1v) is 2.28. The van der Waals surface area contributed by atoms with Crippen molar-refractivity contribution >= 4 is 5.69 Å². The third-order valence-electron chi connectivity index (χ3n) is 0.887. The highest BCUT2D eigenvalue weighted by Crippen LogP contribution is 2.19. The molecule has 8 heavy (non-hydrogen) atoms. The summed E-state index contributed by atoms with van der Waals surface area (Å²) in [6.07, 6.45) is 0. The van der Waals surface area contributed by atoms with E-state index in [0.717, 1.165) is 0 Å². The van der Waals surface area contributed by atoms with E-state index in [1.165, 1.54) is 12.1 Å². The fourth-order valence-electron chi connectivity index (χ4n) is 0.467. The molecule has 0 saturated carbocycles. The summed E-state index contributed by atoms with van der Waals surface area (Å²) in [6, 6.07) is 6.15. The Hall–Kier alpha value is -1.18. The van der Waals surface area contributed by atoms with Crippen LogP contribution < -0.4 is 5.11 Å². The third-order valence-corrected chi connectivity index (χ3v) is 0.887. The van der Waals surface area contributed by atoms with Crippen molar-refractivity contribution in [3.05, 3.63) is 30.0 Å². The summed E-state index contributed by atoms with van der Waals surface area (Å²) in [5, 5.41) is 10.4. The smallest absolute Gasteiger partial charge is 0.0630 e. The van der Waals surface area contributed by atoms with E-state index in [-0.39, 0.29) is 11.4 Å². The van der Waals surface area contributed by atoms with Crippen molar-refractivity contribution in [1.29, 1.82) is 0 Å². The van der Waals surface area contributed by atoms with E-state index in [0.29, 0.717) is 0 Å². The van der Waals surface area contributed by atoms with E-state index in [4.69, 9.17) is 5.73 Å². The van der Waals surface area contributed by atoms with E-state index in [1.807, 2.05) is 0 Å². The van der Waals surface area contributed by atoms with Gasteiger partial charge in [-0.1, -0.05) is 24.3 Å². The maximum Gasteiger partial charge on any atom is -0.0630 e. The second kappa shape index (κ2) is 1.74. The minimum Gasteiger partial charge on any atom is -0.873 e. The van der Waals surface area contributed by atoms with Gasteiger partial charge in [0.25, 0.3) is 0 Å². The van der Waals surface area contributed by atoms with Gasteiger partial charge in [-0.3, -0.25) is 0 Å². The van der Waals surface area contributed by atoms with Crippen LogP contribution in [-0.4, -0.2) is 0 Å². The van der Waals surface area contributed by atoms with Crippen LogP contribution in [0.25, 0.3) is 5.73 Å². The van der Waals surface area contributed by atoms with Crippen LogP contribution in [0.1, 0.15) is 0 Å². The van der Waals surface area contributed by atoms with E-state index in [2.05, 4.69) is 0 Å². The first-order valence-electron chi connectivity index (χ1n) is 2.28. The molecule has 2 heteroatoms. The fourth-order valence-corrected chi connectivity index (χ4v) is 0.467. The summed E-state index contributed by atoms with van der Waals surface area (Å²) in [7, 11) is 0. The number of hydrogen-bond donors (Lipinski definition) is 0. The highest BCUT2D eigenvalue weighted by molar-refractivity contribution is 5.53. The molecular weight excluding hydrogens is 102 g/mol. The van der Waals surface area contributed by atoms with Crippen molar-refractivity contribution < 1.29 is 5.11 Å². The molecule has 0 aromatic heterocycles. The lowest BCUT2D eigenvalue weighted by Crippen LogP contribution is -1.86. The Kier molecular flexibility index (Phi) is 1.08. The molecule has 1 N–H and O–H groups in total. The highest BCUT2D eigenvalue weighted by Gasteiger charge is 1.71. The summed E-state index contributed by atoms with van der Waals surface area (Å²) >= 11 is 0. The van der Waals surface area contributed by atoms with Crippen LogP contribution in [0.4, 0.5) is 5.69 Å². The molecule has 0 heterocycles. The minimum atomic E-state index is -0.215. The van der Waals surface area contributed by atoms with Gasteiger partial charge in [0.1, 0.15) is 0 Å². The van der Waals surface area contributed by atoms with Crippen molar-refractivity contribution in [2.24, 2.45) is 0 Å². The Balaban J connectivity index is 3.13. The molecule has 1 aromatic rings. The lowest BCUT2D eigenvalue weighted by atomic mass is 10.3. The molecule has 0 saturated heterocycles. The van der Waals surface area contributed by atoms with Gasteiger partial charge in [0.2, 0.25) is 0 Å². The second-order valence-corrected chi connectivity index (χ2v) is 1.50. The quantitative estimate of drug-likeness (QED) is 0.494. The largest absolute Gasteiger partial charge is 0.873 e. The van der Waals surface area contributed by atoms with Crippen LogP contribution in [0.3, 0.4) is 0 Å². The number of nitrogens with one attached hydrogen (secondary N) is 1. The van der Waals surface area contributed by atoms with E-state index in [1.54, 1.807) is 12.1 Å². The molecule has 0 radical (unpaired) electrons. The van der Waals surface area contributed by atoms with Crippen LogP contribution in [0.15, 0.2) is 24.3 Å².